The van der Waals surface area contributed by atoms with Gasteiger partial charge < -0.3 is 0 Å². The zero-order chi connectivity index (χ0) is 10.3. The molecule has 0 amide bonds. The number of thiophene rings is 1. The van der Waals surface area contributed by atoms with Gasteiger partial charge in [-0.25, -0.2) is 4.98 Å². The van der Waals surface area contributed by atoms with E-state index >= 15 is 0 Å². The second-order valence-corrected chi connectivity index (χ2v) is 5.39. The van der Waals surface area contributed by atoms with Gasteiger partial charge >= 0.3 is 0 Å². The van der Waals surface area contributed by atoms with Crippen molar-refractivity contribution in [1.29, 1.82) is 0 Å². The molecule has 0 fully saturated rings. The maximum absolute atomic E-state index is 4.33. The third-order valence-electron chi connectivity index (χ3n) is 2.11. The van der Waals surface area contributed by atoms with E-state index in [0.717, 1.165) is 5.01 Å². The van der Waals surface area contributed by atoms with Crippen molar-refractivity contribution in [1.82, 2.24) is 9.36 Å². The lowest BCUT2D eigenvalue weighted by Crippen LogP contribution is -1.72. The molecule has 0 atom stereocenters. The Bertz CT molecular complexity index is 614. The Kier molecular flexibility index (Phi) is 2.31. The monoisotopic (exact) mass is 296 g/mol. The third kappa shape index (κ3) is 1.60. The Balaban J connectivity index is 2.27. The van der Waals surface area contributed by atoms with Crippen molar-refractivity contribution >= 4 is 48.9 Å². The number of aromatic nitrogens is 2. The van der Waals surface area contributed by atoms with E-state index in [0.29, 0.717) is 4.73 Å². The molecule has 15 heavy (non-hydrogen) atoms. The highest BCUT2D eigenvalue weighted by Crippen LogP contribution is 2.34. The van der Waals surface area contributed by atoms with Crippen molar-refractivity contribution in [2.45, 2.75) is 0 Å². The molecule has 0 unspecified atom stereocenters. The molecule has 0 spiro atoms. The van der Waals surface area contributed by atoms with E-state index < -0.39 is 0 Å². The highest BCUT2D eigenvalue weighted by molar-refractivity contribution is 9.10. The highest BCUT2D eigenvalue weighted by atomic mass is 79.9. The van der Waals surface area contributed by atoms with Gasteiger partial charge in [-0.1, -0.05) is 18.2 Å². The van der Waals surface area contributed by atoms with Gasteiger partial charge in [0.25, 0.3) is 0 Å². The molecule has 5 heteroatoms. The molecule has 74 valence electrons. The molecule has 2 aromatic heterocycles. The van der Waals surface area contributed by atoms with Gasteiger partial charge in [-0.05, 0) is 33.5 Å². The lowest BCUT2D eigenvalue weighted by Gasteiger charge is -1.91. The lowest BCUT2D eigenvalue weighted by molar-refractivity contribution is 1.26. The second kappa shape index (κ2) is 3.66. The molecule has 3 rings (SSSR count). The fourth-order valence-corrected chi connectivity index (χ4v) is 3.59. The van der Waals surface area contributed by atoms with Crippen LogP contribution in [0.5, 0.6) is 0 Å². The summed E-state index contributed by atoms with van der Waals surface area (Å²) in [6.45, 7) is 0. The molecule has 0 radical (unpaired) electrons. The van der Waals surface area contributed by atoms with E-state index in [-0.39, 0.29) is 0 Å². The minimum atomic E-state index is 0.665. The topological polar surface area (TPSA) is 25.8 Å². The van der Waals surface area contributed by atoms with Crippen molar-refractivity contribution in [3.8, 4) is 10.6 Å². The molecule has 2 heterocycles. The summed E-state index contributed by atoms with van der Waals surface area (Å²) in [5.74, 6) is 0. The third-order valence-corrected chi connectivity index (χ3v) is 4.41. The van der Waals surface area contributed by atoms with Crippen molar-refractivity contribution in [3.63, 3.8) is 0 Å². The van der Waals surface area contributed by atoms with Crippen LogP contribution < -0.4 is 0 Å². The summed E-state index contributed by atoms with van der Waals surface area (Å²) < 4.78 is 6.09. The second-order valence-electron chi connectivity index (χ2n) is 3.01. The van der Waals surface area contributed by atoms with E-state index in [2.05, 4.69) is 54.9 Å². The van der Waals surface area contributed by atoms with Crippen LogP contribution in [0.1, 0.15) is 0 Å². The van der Waals surface area contributed by atoms with Crippen LogP contribution in [-0.2, 0) is 0 Å². The van der Waals surface area contributed by atoms with Crippen molar-refractivity contribution < 1.29 is 0 Å². The van der Waals surface area contributed by atoms with Gasteiger partial charge in [-0.3, -0.25) is 0 Å². The summed E-state index contributed by atoms with van der Waals surface area (Å²) in [5, 5.41) is 4.36. The maximum Gasteiger partial charge on any atom is 0.209 e. The van der Waals surface area contributed by atoms with Gasteiger partial charge in [-0.2, -0.15) is 4.37 Å². The maximum atomic E-state index is 4.33. The van der Waals surface area contributed by atoms with Crippen LogP contribution in [-0.4, -0.2) is 9.36 Å². The number of fused-ring (bicyclic) bond motifs is 1. The zero-order valence-electron chi connectivity index (χ0n) is 7.48. The summed E-state index contributed by atoms with van der Waals surface area (Å²) in [6.07, 6.45) is 0. The number of halogens is 1. The zero-order valence-corrected chi connectivity index (χ0v) is 10.7. The molecule has 1 aromatic carbocycles. The fourth-order valence-electron chi connectivity index (χ4n) is 1.46. The van der Waals surface area contributed by atoms with Gasteiger partial charge in [0.15, 0.2) is 0 Å². The van der Waals surface area contributed by atoms with Crippen LogP contribution in [0, 0.1) is 0 Å². The van der Waals surface area contributed by atoms with Crippen LogP contribution in [0.25, 0.3) is 20.7 Å². The Morgan fingerprint density at radius 2 is 2.07 bits per heavy atom. The molecule has 0 saturated carbocycles. The highest BCUT2D eigenvalue weighted by Gasteiger charge is 2.09. The Labute approximate surface area is 103 Å². The van der Waals surface area contributed by atoms with Crippen LogP contribution in [0.15, 0.2) is 34.4 Å². The predicted octanol–water partition coefficient (Wildman–Crippen LogP) is 4.18. The summed E-state index contributed by atoms with van der Waals surface area (Å²) in [6, 6.07) is 8.35. The van der Waals surface area contributed by atoms with Gasteiger partial charge in [0.2, 0.25) is 4.73 Å². The summed E-state index contributed by atoms with van der Waals surface area (Å²) in [7, 11) is 0. The van der Waals surface area contributed by atoms with E-state index in [4.69, 9.17) is 0 Å². The standard InChI is InChI=1S/C10H5BrN2S2/c11-10-12-9(15-13-10)7-5-14-8-4-2-1-3-6(7)8/h1-5H. The molecule has 0 saturated heterocycles. The van der Waals surface area contributed by atoms with Crippen LogP contribution in [0.4, 0.5) is 0 Å². The van der Waals surface area contributed by atoms with Crippen LogP contribution >= 0.6 is 38.8 Å². The first-order valence-electron chi connectivity index (χ1n) is 4.30. The fraction of sp³-hybridized carbons (Fsp3) is 0. The first-order chi connectivity index (χ1) is 7.34. The molecule has 0 aliphatic heterocycles. The minimum Gasteiger partial charge on any atom is -0.209 e. The molecular formula is C10H5BrN2S2. The lowest BCUT2D eigenvalue weighted by atomic mass is 10.2. The van der Waals surface area contributed by atoms with E-state index in [1.807, 2.05) is 0 Å². The number of hydrogen-bond donors (Lipinski definition) is 0. The smallest absolute Gasteiger partial charge is 0.209 e. The van der Waals surface area contributed by atoms with Gasteiger partial charge in [-0.15, -0.1) is 11.3 Å². The molecule has 2 nitrogen and oxygen atoms in total. The first kappa shape index (κ1) is 9.45. The first-order valence-corrected chi connectivity index (χ1v) is 6.75. The molecule has 0 bridgehead atoms. The molecule has 0 N–H and O–H groups in total. The normalized spacial score (nSPS) is 11.0. The summed E-state index contributed by atoms with van der Waals surface area (Å²) >= 11 is 6.44. The van der Waals surface area contributed by atoms with Crippen molar-refractivity contribution in [2.24, 2.45) is 0 Å². The largest absolute Gasteiger partial charge is 0.209 e. The van der Waals surface area contributed by atoms with Gasteiger partial charge in [0.05, 0.1) is 0 Å². The number of rotatable bonds is 1. The molecular weight excluding hydrogens is 292 g/mol. The quantitative estimate of drug-likeness (QED) is 0.673. The number of hydrogen-bond acceptors (Lipinski definition) is 4. The van der Waals surface area contributed by atoms with Gasteiger partial charge in [0, 0.05) is 21.0 Å². The predicted molar refractivity (Wildman–Crippen MR) is 68.4 cm³/mol. The van der Waals surface area contributed by atoms with Gasteiger partial charge in [0.1, 0.15) is 5.01 Å². The van der Waals surface area contributed by atoms with E-state index in [1.165, 1.54) is 27.2 Å². The number of benzene rings is 1. The van der Waals surface area contributed by atoms with Crippen molar-refractivity contribution in [3.05, 3.63) is 34.4 Å². The SMILES string of the molecule is Brc1nsc(-c2csc3ccccc23)n1. The Hall–Kier alpha value is -0.780. The van der Waals surface area contributed by atoms with E-state index in [9.17, 15) is 0 Å². The number of nitrogens with zero attached hydrogens (tertiary/aromatic N) is 2. The summed E-state index contributed by atoms with van der Waals surface area (Å²) in [4.78, 5) is 4.33. The average molecular weight is 297 g/mol. The Morgan fingerprint density at radius 3 is 2.87 bits per heavy atom. The Morgan fingerprint density at radius 1 is 1.20 bits per heavy atom. The summed E-state index contributed by atoms with van der Waals surface area (Å²) in [5.41, 5.74) is 1.18. The molecule has 3 aromatic rings. The molecule has 0 aliphatic carbocycles. The van der Waals surface area contributed by atoms with Crippen LogP contribution in [0.3, 0.4) is 0 Å². The van der Waals surface area contributed by atoms with Crippen molar-refractivity contribution in [2.75, 3.05) is 0 Å². The minimum absolute atomic E-state index is 0.665. The average Bonchev–Trinajstić information content (AvgIpc) is 2.83. The molecule has 0 aliphatic rings. The van der Waals surface area contributed by atoms with E-state index in [1.54, 1.807) is 11.3 Å². The van der Waals surface area contributed by atoms with Crippen LogP contribution in [0.2, 0.25) is 0 Å².